The first-order valence-corrected chi connectivity index (χ1v) is 7.32. The average molecular weight is 389 g/mol. The van der Waals surface area contributed by atoms with Crippen molar-refractivity contribution in [2.75, 3.05) is 18.4 Å². The van der Waals surface area contributed by atoms with Crippen LogP contribution >= 0.6 is 24.8 Å². The molecule has 0 radical (unpaired) electrons. The SMILES string of the molecule is Cl.Cl.NCCNc1ccc2c(c1)C(=O)N(C1CCC(=O)NC1=O)C2=O. The molecule has 1 aromatic carbocycles. The second-order valence-corrected chi connectivity index (χ2v) is 5.42. The molecule has 0 aliphatic carbocycles. The molecule has 2 aliphatic rings. The number of imide groups is 2. The minimum Gasteiger partial charge on any atom is -0.384 e. The number of anilines is 1. The maximum absolute atomic E-state index is 12.5. The normalized spacial score (nSPS) is 18.9. The van der Waals surface area contributed by atoms with Gasteiger partial charge in [-0.05, 0) is 24.6 Å². The number of carbonyl (C=O) groups is 4. The Kier molecular flexibility index (Phi) is 6.92. The van der Waals surface area contributed by atoms with Crippen LogP contribution in [0.3, 0.4) is 0 Å². The van der Waals surface area contributed by atoms with E-state index in [0.29, 0.717) is 18.8 Å². The average Bonchev–Trinajstić information content (AvgIpc) is 2.77. The number of nitrogens with two attached hydrogens (primary N) is 1. The summed E-state index contributed by atoms with van der Waals surface area (Å²) in [7, 11) is 0. The monoisotopic (exact) mass is 388 g/mol. The van der Waals surface area contributed by atoms with E-state index in [2.05, 4.69) is 10.6 Å². The Morgan fingerprint density at radius 3 is 2.44 bits per heavy atom. The zero-order chi connectivity index (χ0) is 16.6. The van der Waals surface area contributed by atoms with Crippen LogP contribution in [-0.2, 0) is 9.59 Å². The lowest BCUT2D eigenvalue weighted by molar-refractivity contribution is -0.136. The molecule has 1 saturated heterocycles. The van der Waals surface area contributed by atoms with Crippen molar-refractivity contribution in [3.05, 3.63) is 29.3 Å². The second kappa shape index (κ2) is 8.28. The van der Waals surface area contributed by atoms with Gasteiger partial charge in [0.2, 0.25) is 11.8 Å². The van der Waals surface area contributed by atoms with Crippen molar-refractivity contribution in [1.29, 1.82) is 0 Å². The second-order valence-electron chi connectivity index (χ2n) is 5.42. The largest absolute Gasteiger partial charge is 0.384 e. The fourth-order valence-corrected chi connectivity index (χ4v) is 2.80. The van der Waals surface area contributed by atoms with Crippen molar-refractivity contribution in [2.24, 2.45) is 5.73 Å². The Hall–Kier alpha value is -2.16. The number of rotatable bonds is 4. The third-order valence-corrected chi connectivity index (χ3v) is 3.91. The van der Waals surface area contributed by atoms with Crippen molar-refractivity contribution >= 4 is 54.1 Å². The highest BCUT2D eigenvalue weighted by Crippen LogP contribution is 2.29. The number of carbonyl (C=O) groups excluding carboxylic acids is 4. The van der Waals surface area contributed by atoms with Gasteiger partial charge in [-0.15, -0.1) is 24.8 Å². The predicted octanol–water partition coefficient (Wildman–Crippen LogP) is 0.302. The van der Waals surface area contributed by atoms with E-state index in [1.165, 1.54) is 0 Å². The Labute approximate surface area is 156 Å². The zero-order valence-corrected chi connectivity index (χ0v) is 14.7. The highest BCUT2D eigenvalue weighted by Gasteiger charge is 2.44. The number of piperidine rings is 1. The van der Waals surface area contributed by atoms with Gasteiger partial charge in [-0.1, -0.05) is 0 Å². The quantitative estimate of drug-likeness (QED) is 0.637. The number of fused-ring (bicyclic) bond motifs is 1. The van der Waals surface area contributed by atoms with Gasteiger partial charge in [-0.25, -0.2) is 0 Å². The third kappa shape index (κ3) is 3.76. The molecule has 8 nitrogen and oxygen atoms in total. The van der Waals surface area contributed by atoms with E-state index in [-0.39, 0.29) is 48.8 Å². The minimum atomic E-state index is -0.944. The topological polar surface area (TPSA) is 122 Å². The molecule has 1 fully saturated rings. The van der Waals surface area contributed by atoms with Crippen LogP contribution in [0, 0.1) is 0 Å². The molecule has 1 aromatic rings. The smallest absolute Gasteiger partial charge is 0.262 e. The maximum atomic E-state index is 12.5. The molecular formula is C15H18Cl2N4O4. The van der Waals surface area contributed by atoms with Crippen molar-refractivity contribution in [1.82, 2.24) is 10.2 Å². The molecule has 0 bridgehead atoms. The van der Waals surface area contributed by atoms with E-state index in [4.69, 9.17) is 5.73 Å². The third-order valence-electron chi connectivity index (χ3n) is 3.91. The van der Waals surface area contributed by atoms with Gasteiger partial charge in [0, 0.05) is 25.2 Å². The summed E-state index contributed by atoms with van der Waals surface area (Å²) in [6, 6.07) is 3.88. The number of nitrogens with zero attached hydrogens (tertiary/aromatic N) is 1. The van der Waals surface area contributed by atoms with Crippen LogP contribution in [0.15, 0.2) is 18.2 Å². The predicted molar refractivity (Wildman–Crippen MR) is 95.2 cm³/mol. The van der Waals surface area contributed by atoms with Gasteiger partial charge in [0.25, 0.3) is 11.8 Å². The first kappa shape index (κ1) is 20.9. The van der Waals surface area contributed by atoms with Crippen LogP contribution in [0.1, 0.15) is 33.6 Å². The molecule has 10 heteroatoms. The van der Waals surface area contributed by atoms with Gasteiger partial charge >= 0.3 is 0 Å². The van der Waals surface area contributed by atoms with Crippen LogP contribution in [0.4, 0.5) is 5.69 Å². The van der Waals surface area contributed by atoms with E-state index in [1.807, 2.05) is 0 Å². The van der Waals surface area contributed by atoms with E-state index in [9.17, 15) is 19.2 Å². The minimum absolute atomic E-state index is 0. The molecule has 136 valence electrons. The Balaban J connectivity index is 0.00000156. The van der Waals surface area contributed by atoms with Crippen LogP contribution in [0.2, 0.25) is 0 Å². The van der Waals surface area contributed by atoms with Crippen LogP contribution in [0.25, 0.3) is 0 Å². The molecule has 0 saturated carbocycles. The van der Waals surface area contributed by atoms with Crippen LogP contribution < -0.4 is 16.4 Å². The molecule has 1 atom stereocenters. The first-order chi connectivity index (χ1) is 11.0. The van der Waals surface area contributed by atoms with Crippen molar-refractivity contribution in [3.8, 4) is 0 Å². The summed E-state index contributed by atoms with van der Waals surface area (Å²) in [5, 5.41) is 5.20. The number of amides is 4. The highest BCUT2D eigenvalue weighted by atomic mass is 35.5. The molecule has 2 aliphatic heterocycles. The van der Waals surface area contributed by atoms with Crippen molar-refractivity contribution in [2.45, 2.75) is 18.9 Å². The lowest BCUT2D eigenvalue weighted by Crippen LogP contribution is -2.54. The molecule has 3 rings (SSSR count). The van der Waals surface area contributed by atoms with E-state index in [0.717, 1.165) is 4.90 Å². The van der Waals surface area contributed by atoms with Gasteiger partial charge in [0.05, 0.1) is 11.1 Å². The maximum Gasteiger partial charge on any atom is 0.262 e. The van der Waals surface area contributed by atoms with Gasteiger partial charge in [-0.2, -0.15) is 0 Å². The van der Waals surface area contributed by atoms with E-state index in [1.54, 1.807) is 18.2 Å². The lowest BCUT2D eigenvalue weighted by atomic mass is 10.0. The van der Waals surface area contributed by atoms with Crippen molar-refractivity contribution in [3.63, 3.8) is 0 Å². The van der Waals surface area contributed by atoms with E-state index >= 15 is 0 Å². The van der Waals surface area contributed by atoms with E-state index < -0.39 is 29.7 Å². The number of halogens is 2. The Bertz CT molecular complexity index is 725. The summed E-state index contributed by atoms with van der Waals surface area (Å²) in [6.45, 7) is 0.976. The van der Waals surface area contributed by atoms with Gasteiger partial charge in [0.15, 0.2) is 0 Å². The lowest BCUT2D eigenvalue weighted by Gasteiger charge is -2.27. The Morgan fingerprint density at radius 2 is 1.80 bits per heavy atom. The molecule has 1 unspecified atom stereocenters. The van der Waals surface area contributed by atoms with Gasteiger partial charge in [0.1, 0.15) is 6.04 Å². The first-order valence-electron chi connectivity index (χ1n) is 7.32. The fourth-order valence-electron chi connectivity index (χ4n) is 2.80. The summed E-state index contributed by atoms with van der Waals surface area (Å²) in [5.74, 6) is -2.03. The van der Waals surface area contributed by atoms with Crippen molar-refractivity contribution < 1.29 is 19.2 Å². The number of benzene rings is 1. The molecule has 0 spiro atoms. The summed E-state index contributed by atoms with van der Waals surface area (Å²) in [4.78, 5) is 49.1. The standard InChI is InChI=1S/C15H16N4O4.2ClH/c16-5-6-17-8-1-2-9-10(7-8)15(23)19(14(9)22)11-3-4-12(20)18-13(11)21;;/h1-2,7,11,17H,3-6,16H2,(H,18,20,21);2*1H. The zero-order valence-electron chi connectivity index (χ0n) is 13.1. The highest BCUT2D eigenvalue weighted by molar-refractivity contribution is 6.23. The summed E-state index contributed by atoms with van der Waals surface area (Å²) >= 11 is 0. The molecule has 2 heterocycles. The molecule has 25 heavy (non-hydrogen) atoms. The number of hydrogen-bond acceptors (Lipinski definition) is 6. The summed E-state index contributed by atoms with van der Waals surface area (Å²) in [5.41, 5.74) is 6.62. The molecular weight excluding hydrogens is 371 g/mol. The summed E-state index contributed by atoms with van der Waals surface area (Å²) < 4.78 is 0. The number of hydrogen-bond donors (Lipinski definition) is 3. The molecule has 4 N–H and O–H groups in total. The molecule has 4 amide bonds. The fraction of sp³-hybridized carbons (Fsp3) is 0.333. The van der Waals surface area contributed by atoms with Gasteiger partial charge < -0.3 is 11.1 Å². The number of nitrogens with one attached hydrogen (secondary N) is 2. The van der Waals surface area contributed by atoms with Gasteiger partial charge in [-0.3, -0.25) is 29.4 Å². The van der Waals surface area contributed by atoms with Crippen LogP contribution in [0.5, 0.6) is 0 Å². The molecule has 0 aromatic heterocycles. The summed E-state index contributed by atoms with van der Waals surface area (Å²) in [6.07, 6.45) is 0.252. The Morgan fingerprint density at radius 1 is 1.12 bits per heavy atom. The van der Waals surface area contributed by atoms with Crippen LogP contribution in [-0.4, -0.2) is 47.7 Å².